The Balaban J connectivity index is 2.27. The summed E-state index contributed by atoms with van der Waals surface area (Å²) in [5, 5.41) is 12.6. The van der Waals surface area contributed by atoms with Crippen LogP contribution in [0.4, 0.5) is 0 Å². The maximum absolute atomic E-state index is 11.0. The van der Waals surface area contributed by atoms with Crippen molar-refractivity contribution >= 4 is 21.9 Å². The smallest absolute Gasteiger partial charge is 0.335 e. The second kappa shape index (κ2) is 6.42. The van der Waals surface area contributed by atoms with Crippen LogP contribution in [0.3, 0.4) is 0 Å². The van der Waals surface area contributed by atoms with E-state index in [1.165, 1.54) is 18.4 Å². The Morgan fingerprint density at radius 3 is 2.85 bits per heavy atom. The number of hydrogen-bond donors (Lipinski definition) is 1. The van der Waals surface area contributed by atoms with Crippen LogP contribution < -0.4 is 9.47 Å². The first-order chi connectivity index (χ1) is 9.61. The third-order valence-corrected chi connectivity index (χ3v) is 3.01. The van der Waals surface area contributed by atoms with E-state index in [1.807, 2.05) is 6.92 Å². The summed E-state index contributed by atoms with van der Waals surface area (Å²) < 4.78 is 16.3. The van der Waals surface area contributed by atoms with Gasteiger partial charge in [0.25, 0.3) is 0 Å². The zero-order chi connectivity index (χ0) is 14.5. The number of nitrogens with zero attached hydrogens (tertiary/aromatic N) is 1. The van der Waals surface area contributed by atoms with Gasteiger partial charge in [-0.25, -0.2) is 4.79 Å². The van der Waals surface area contributed by atoms with E-state index in [1.54, 1.807) is 6.20 Å². The van der Waals surface area contributed by atoms with Gasteiger partial charge in [-0.05, 0) is 35.0 Å². The van der Waals surface area contributed by atoms with E-state index in [4.69, 9.17) is 19.1 Å². The van der Waals surface area contributed by atoms with Gasteiger partial charge >= 0.3 is 5.97 Å². The summed E-state index contributed by atoms with van der Waals surface area (Å²) in [6, 6.07) is 2.90. The molecule has 1 N–H and O–H groups in total. The number of aromatic carboxylic acids is 1. The number of carbonyl (C=O) groups is 1. The van der Waals surface area contributed by atoms with Crippen LogP contribution in [0.25, 0.3) is 0 Å². The molecule has 0 aliphatic rings. The monoisotopic (exact) mass is 341 g/mol. The van der Waals surface area contributed by atoms with Gasteiger partial charge in [0, 0.05) is 5.56 Å². The van der Waals surface area contributed by atoms with E-state index in [0.717, 1.165) is 5.56 Å². The molecule has 0 fully saturated rings. The number of rotatable bonds is 6. The molecule has 20 heavy (non-hydrogen) atoms. The minimum absolute atomic E-state index is 0.123. The highest BCUT2D eigenvalue weighted by molar-refractivity contribution is 9.10. The fraction of sp³-hybridized carbons (Fsp3) is 0.231. The summed E-state index contributed by atoms with van der Waals surface area (Å²) in [5.74, 6) is -0.217. The zero-order valence-corrected chi connectivity index (χ0v) is 12.2. The summed E-state index contributed by atoms with van der Waals surface area (Å²) in [4.78, 5) is 11.0. The van der Waals surface area contributed by atoms with Gasteiger partial charge in [0.2, 0.25) is 0 Å². The van der Waals surface area contributed by atoms with Crippen molar-refractivity contribution in [3.05, 3.63) is 40.2 Å². The maximum Gasteiger partial charge on any atom is 0.335 e. The topological polar surface area (TPSA) is 81.8 Å². The standard InChI is InChI=1S/C13H12BrNO5/c1-2-18-11-4-9(13(16)17)3-10(14)12(11)19-6-8-5-15-20-7-8/h3-5,7H,2,6H2,1H3,(H,16,17). The van der Waals surface area contributed by atoms with Crippen LogP contribution in [-0.2, 0) is 6.61 Å². The molecule has 106 valence electrons. The molecule has 0 spiro atoms. The van der Waals surface area contributed by atoms with Crippen molar-refractivity contribution in [1.29, 1.82) is 0 Å². The molecule has 0 radical (unpaired) electrons. The summed E-state index contributed by atoms with van der Waals surface area (Å²) >= 11 is 3.29. The number of aromatic nitrogens is 1. The molecular weight excluding hydrogens is 330 g/mol. The molecule has 0 saturated carbocycles. The second-order valence-electron chi connectivity index (χ2n) is 3.84. The number of carboxylic acid groups (broad SMARTS) is 1. The van der Waals surface area contributed by atoms with Crippen molar-refractivity contribution in [2.45, 2.75) is 13.5 Å². The highest BCUT2D eigenvalue weighted by Crippen LogP contribution is 2.37. The van der Waals surface area contributed by atoms with Crippen LogP contribution in [0.2, 0.25) is 0 Å². The lowest BCUT2D eigenvalue weighted by molar-refractivity contribution is 0.0696. The Bertz CT molecular complexity index is 597. The first kappa shape index (κ1) is 14.4. The average molecular weight is 342 g/mol. The maximum atomic E-state index is 11.0. The minimum atomic E-state index is -1.03. The number of benzene rings is 1. The molecule has 6 nitrogen and oxygen atoms in total. The third kappa shape index (κ3) is 3.30. The van der Waals surface area contributed by atoms with Gasteiger partial charge in [-0.15, -0.1) is 0 Å². The van der Waals surface area contributed by atoms with E-state index in [2.05, 4.69) is 21.1 Å². The molecule has 0 bridgehead atoms. The van der Waals surface area contributed by atoms with Crippen LogP contribution in [0.5, 0.6) is 11.5 Å². The molecule has 7 heteroatoms. The molecule has 2 aromatic rings. The Morgan fingerprint density at radius 1 is 1.45 bits per heavy atom. The van der Waals surface area contributed by atoms with Crippen LogP contribution in [0.1, 0.15) is 22.8 Å². The molecular formula is C13H12BrNO5. The van der Waals surface area contributed by atoms with Gasteiger partial charge < -0.3 is 19.1 Å². The lowest BCUT2D eigenvalue weighted by Crippen LogP contribution is -2.03. The molecule has 0 unspecified atom stereocenters. The highest BCUT2D eigenvalue weighted by atomic mass is 79.9. The molecule has 2 rings (SSSR count). The number of carboxylic acids is 1. The fourth-order valence-corrected chi connectivity index (χ4v) is 2.10. The van der Waals surface area contributed by atoms with Gasteiger partial charge in [-0.2, -0.15) is 0 Å². The van der Waals surface area contributed by atoms with Gasteiger partial charge in [-0.3, -0.25) is 0 Å². The van der Waals surface area contributed by atoms with Crippen molar-refractivity contribution in [1.82, 2.24) is 5.16 Å². The summed E-state index contributed by atoms with van der Waals surface area (Å²) in [5.41, 5.74) is 0.888. The van der Waals surface area contributed by atoms with Crippen LogP contribution in [0, 0.1) is 0 Å². The van der Waals surface area contributed by atoms with Crippen LogP contribution in [0.15, 0.2) is 33.6 Å². The molecule has 0 aliphatic carbocycles. The predicted octanol–water partition coefficient (Wildman–Crippen LogP) is 3.11. The van der Waals surface area contributed by atoms with E-state index in [9.17, 15) is 4.79 Å². The Hall–Kier alpha value is -2.02. The van der Waals surface area contributed by atoms with Crippen molar-refractivity contribution in [3.63, 3.8) is 0 Å². The van der Waals surface area contributed by atoms with E-state index < -0.39 is 5.97 Å². The lowest BCUT2D eigenvalue weighted by Gasteiger charge is -2.13. The summed E-state index contributed by atoms with van der Waals surface area (Å²) in [6.07, 6.45) is 3.01. The molecule has 0 saturated heterocycles. The third-order valence-electron chi connectivity index (χ3n) is 2.42. The molecule has 1 aromatic heterocycles. The van der Waals surface area contributed by atoms with Crippen molar-refractivity contribution in [3.8, 4) is 11.5 Å². The Morgan fingerprint density at radius 2 is 2.25 bits per heavy atom. The largest absolute Gasteiger partial charge is 0.490 e. The summed E-state index contributed by atoms with van der Waals surface area (Å²) in [6.45, 7) is 2.46. The quantitative estimate of drug-likeness (QED) is 0.869. The Kier molecular flexibility index (Phi) is 4.62. The first-order valence-electron chi connectivity index (χ1n) is 5.82. The van der Waals surface area contributed by atoms with E-state index >= 15 is 0 Å². The van der Waals surface area contributed by atoms with Crippen molar-refractivity contribution in [2.24, 2.45) is 0 Å². The van der Waals surface area contributed by atoms with Gasteiger partial charge in [-0.1, -0.05) is 5.16 Å². The van der Waals surface area contributed by atoms with Gasteiger partial charge in [0.05, 0.1) is 22.8 Å². The molecule has 1 aromatic carbocycles. The van der Waals surface area contributed by atoms with Gasteiger partial charge in [0.15, 0.2) is 11.5 Å². The van der Waals surface area contributed by atoms with Crippen molar-refractivity contribution < 1.29 is 23.9 Å². The molecule has 0 atom stereocenters. The number of ether oxygens (including phenoxy) is 2. The summed E-state index contributed by atoms with van der Waals surface area (Å²) in [7, 11) is 0. The SMILES string of the molecule is CCOc1cc(C(=O)O)cc(Br)c1OCc1cnoc1. The van der Waals surface area contributed by atoms with Gasteiger partial charge in [0.1, 0.15) is 12.9 Å². The van der Waals surface area contributed by atoms with E-state index in [-0.39, 0.29) is 12.2 Å². The average Bonchev–Trinajstić information content (AvgIpc) is 2.91. The molecule has 0 aliphatic heterocycles. The minimum Gasteiger partial charge on any atom is -0.490 e. The lowest BCUT2D eigenvalue weighted by atomic mass is 10.2. The van der Waals surface area contributed by atoms with Crippen LogP contribution >= 0.6 is 15.9 Å². The Labute approximate surface area is 123 Å². The fourth-order valence-electron chi connectivity index (χ4n) is 1.55. The number of halogens is 1. The van der Waals surface area contributed by atoms with Crippen molar-refractivity contribution in [2.75, 3.05) is 6.61 Å². The van der Waals surface area contributed by atoms with E-state index in [0.29, 0.717) is 22.6 Å². The second-order valence-corrected chi connectivity index (χ2v) is 4.70. The first-order valence-corrected chi connectivity index (χ1v) is 6.61. The predicted molar refractivity (Wildman–Crippen MR) is 73.1 cm³/mol. The normalized spacial score (nSPS) is 10.3. The zero-order valence-electron chi connectivity index (χ0n) is 10.6. The molecule has 1 heterocycles. The molecule has 0 amide bonds. The highest BCUT2D eigenvalue weighted by Gasteiger charge is 2.15. The number of hydrogen-bond acceptors (Lipinski definition) is 5. The van der Waals surface area contributed by atoms with Crippen LogP contribution in [-0.4, -0.2) is 22.8 Å².